The average Bonchev–Trinajstić information content (AvgIpc) is 3.08. The normalized spacial score (nSPS) is 14.3. The van der Waals surface area contributed by atoms with E-state index >= 15 is 0 Å². The van der Waals surface area contributed by atoms with Crippen LogP contribution in [-0.2, 0) is 6.54 Å². The van der Waals surface area contributed by atoms with Crippen molar-refractivity contribution in [1.82, 2.24) is 9.97 Å². The molecule has 0 amide bonds. The Bertz CT molecular complexity index is 921. The van der Waals surface area contributed by atoms with Crippen LogP contribution in [0.2, 0.25) is 0 Å². The van der Waals surface area contributed by atoms with Crippen molar-refractivity contribution >= 4 is 11.8 Å². The van der Waals surface area contributed by atoms with Crippen molar-refractivity contribution in [3.8, 4) is 17.0 Å². The zero-order chi connectivity index (χ0) is 19.9. The predicted octanol–water partition coefficient (Wildman–Crippen LogP) is 5.14. The van der Waals surface area contributed by atoms with Crippen molar-refractivity contribution in [3.63, 3.8) is 0 Å². The maximum Gasteiger partial charge on any atom is 0.227 e. The van der Waals surface area contributed by atoms with Gasteiger partial charge in [0.1, 0.15) is 11.6 Å². The minimum atomic E-state index is 0.648. The quantitative estimate of drug-likeness (QED) is 0.633. The van der Waals surface area contributed by atoms with Gasteiger partial charge >= 0.3 is 0 Å². The Morgan fingerprint density at radius 2 is 1.62 bits per heavy atom. The lowest BCUT2D eigenvalue weighted by molar-refractivity contribution is 0.410. The van der Waals surface area contributed by atoms with Crippen LogP contribution in [0.4, 0.5) is 11.8 Å². The molecule has 0 radical (unpaired) electrons. The topological polar surface area (TPSA) is 50.3 Å². The van der Waals surface area contributed by atoms with Gasteiger partial charge in [-0.25, -0.2) is 4.98 Å². The van der Waals surface area contributed by atoms with Crippen LogP contribution in [0.15, 0.2) is 60.7 Å². The first-order valence-corrected chi connectivity index (χ1v) is 10.4. The van der Waals surface area contributed by atoms with E-state index in [0.717, 1.165) is 47.4 Å². The zero-order valence-corrected chi connectivity index (χ0v) is 17.0. The van der Waals surface area contributed by atoms with Gasteiger partial charge in [0.2, 0.25) is 5.95 Å². The predicted molar refractivity (Wildman–Crippen MR) is 118 cm³/mol. The molecule has 29 heavy (non-hydrogen) atoms. The smallest absolute Gasteiger partial charge is 0.227 e. The highest BCUT2D eigenvalue weighted by molar-refractivity contribution is 5.64. The van der Waals surface area contributed by atoms with Crippen molar-refractivity contribution in [2.75, 3.05) is 30.4 Å². The molecule has 5 heteroatoms. The van der Waals surface area contributed by atoms with E-state index in [4.69, 9.17) is 14.7 Å². The van der Waals surface area contributed by atoms with E-state index in [1.54, 1.807) is 7.11 Å². The second kappa shape index (κ2) is 9.41. The van der Waals surface area contributed by atoms with Gasteiger partial charge in [-0.3, -0.25) is 0 Å². The van der Waals surface area contributed by atoms with Gasteiger partial charge in [-0.05, 0) is 18.9 Å². The van der Waals surface area contributed by atoms with Crippen LogP contribution in [0.3, 0.4) is 0 Å². The summed E-state index contributed by atoms with van der Waals surface area (Å²) in [5.74, 6) is 2.53. The number of rotatable bonds is 6. The summed E-state index contributed by atoms with van der Waals surface area (Å²) in [5, 5.41) is 3.48. The number of hydrogen-bond acceptors (Lipinski definition) is 5. The third kappa shape index (κ3) is 4.86. The van der Waals surface area contributed by atoms with E-state index in [9.17, 15) is 0 Å². The van der Waals surface area contributed by atoms with Crippen LogP contribution >= 0.6 is 0 Å². The molecule has 1 aromatic heterocycles. The van der Waals surface area contributed by atoms with Gasteiger partial charge < -0.3 is 15.0 Å². The number of para-hydroxylation sites is 1. The summed E-state index contributed by atoms with van der Waals surface area (Å²) in [6.07, 6.45) is 4.97. The highest BCUT2D eigenvalue weighted by Crippen LogP contribution is 2.25. The molecule has 0 atom stereocenters. The molecule has 1 aliphatic rings. The van der Waals surface area contributed by atoms with Crippen LogP contribution in [0, 0.1) is 0 Å². The molecule has 1 aliphatic heterocycles. The molecule has 4 rings (SSSR count). The molecular weight excluding hydrogens is 360 g/mol. The summed E-state index contributed by atoms with van der Waals surface area (Å²) >= 11 is 0. The maximum absolute atomic E-state index is 5.48. The lowest BCUT2D eigenvalue weighted by atomic mass is 10.1. The Kier molecular flexibility index (Phi) is 6.25. The van der Waals surface area contributed by atoms with Crippen molar-refractivity contribution < 1.29 is 4.74 Å². The number of anilines is 2. The summed E-state index contributed by atoms with van der Waals surface area (Å²) in [5.41, 5.74) is 3.15. The Labute approximate surface area is 172 Å². The van der Waals surface area contributed by atoms with E-state index in [0.29, 0.717) is 6.54 Å². The third-order valence-corrected chi connectivity index (χ3v) is 5.33. The van der Waals surface area contributed by atoms with E-state index in [2.05, 4.69) is 28.4 Å². The van der Waals surface area contributed by atoms with Gasteiger partial charge in [-0.1, -0.05) is 61.4 Å². The largest absolute Gasteiger partial charge is 0.496 e. The molecule has 2 aromatic carbocycles. The summed E-state index contributed by atoms with van der Waals surface area (Å²) < 4.78 is 5.48. The number of aromatic nitrogens is 2. The molecule has 1 saturated heterocycles. The maximum atomic E-state index is 5.48. The minimum absolute atomic E-state index is 0.648. The fourth-order valence-corrected chi connectivity index (χ4v) is 3.73. The van der Waals surface area contributed by atoms with Gasteiger partial charge in [0.25, 0.3) is 0 Å². The molecule has 0 bridgehead atoms. The van der Waals surface area contributed by atoms with Gasteiger partial charge in [0.15, 0.2) is 0 Å². The van der Waals surface area contributed by atoms with Crippen LogP contribution in [0.25, 0.3) is 11.3 Å². The fraction of sp³-hybridized carbons (Fsp3) is 0.333. The lowest BCUT2D eigenvalue weighted by Gasteiger charge is -2.22. The number of methoxy groups -OCH3 is 1. The second-order valence-electron chi connectivity index (χ2n) is 7.37. The summed E-state index contributed by atoms with van der Waals surface area (Å²) in [4.78, 5) is 12.1. The van der Waals surface area contributed by atoms with E-state index in [1.807, 2.05) is 42.5 Å². The molecule has 1 fully saturated rings. The van der Waals surface area contributed by atoms with Gasteiger partial charge in [-0.15, -0.1) is 0 Å². The standard InChI is InChI=1S/C24H28N4O/c1-29-22-14-8-7-13-20(22)18-25-23-17-21(19-11-5-4-6-12-19)26-24(27-23)28-15-9-2-3-10-16-28/h4-8,11-14,17H,2-3,9-10,15-16,18H2,1H3,(H,25,26,27). The molecule has 3 aromatic rings. The zero-order valence-electron chi connectivity index (χ0n) is 17.0. The van der Waals surface area contributed by atoms with Crippen molar-refractivity contribution in [1.29, 1.82) is 0 Å². The number of nitrogens with zero attached hydrogens (tertiary/aromatic N) is 3. The molecule has 0 spiro atoms. The Hall–Kier alpha value is -3.08. The summed E-state index contributed by atoms with van der Waals surface area (Å²) in [6, 6.07) is 20.4. The molecule has 1 N–H and O–H groups in total. The van der Waals surface area contributed by atoms with Crippen molar-refractivity contribution in [2.24, 2.45) is 0 Å². The molecule has 2 heterocycles. The summed E-state index contributed by atoms with van der Waals surface area (Å²) in [6.45, 7) is 2.68. The van der Waals surface area contributed by atoms with Gasteiger partial charge in [0.05, 0.1) is 12.8 Å². The Balaban J connectivity index is 1.63. The van der Waals surface area contributed by atoms with Crippen LogP contribution in [0.1, 0.15) is 31.2 Å². The Morgan fingerprint density at radius 3 is 2.38 bits per heavy atom. The number of hydrogen-bond donors (Lipinski definition) is 1. The highest BCUT2D eigenvalue weighted by atomic mass is 16.5. The second-order valence-corrected chi connectivity index (χ2v) is 7.37. The molecule has 5 nitrogen and oxygen atoms in total. The fourth-order valence-electron chi connectivity index (χ4n) is 3.73. The molecule has 0 aliphatic carbocycles. The number of benzene rings is 2. The van der Waals surface area contributed by atoms with E-state index in [1.165, 1.54) is 25.7 Å². The van der Waals surface area contributed by atoms with Crippen LogP contribution in [-0.4, -0.2) is 30.2 Å². The summed E-state index contributed by atoms with van der Waals surface area (Å²) in [7, 11) is 1.70. The third-order valence-electron chi connectivity index (χ3n) is 5.33. The minimum Gasteiger partial charge on any atom is -0.496 e. The molecule has 0 saturated carbocycles. The first-order chi connectivity index (χ1) is 14.3. The van der Waals surface area contributed by atoms with Crippen molar-refractivity contribution in [3.05, 3.63) is 66.2 Å². The average molecular weight is 389 g/mol. The molecular formula is C24H28N4O. The van der Waals surface area contributed by atoms with Crippen molar-refractivity contribution in [2.45, 2.75) is 32.2 Å². The van der Waals surface area contributed by atoms with E-state index < -0.39 is 0 Å². The SMILES string of the molecule is COc1ccccc1CNc1cc(-c2ccccc2)nc(N2CCCCCC2)n1. The van der Waals surface area contributed by atoms with E-state index in [-0.39, 0.29) is 0 Å². The first-order valence-electron chi connectivity index (χ1n) is 10.4. The lowest BCUT2D eigenvalue weighted by Crippen LogP contribution is -2.26. The van der Waals surface area contributed by atoms with Crippen LogP contribution in [0.5, 0.6) is 5.75 Å². The highest BCUT2D eigenvalue weighted by Gasteiger charge is 2.15. The van der Waals surface area contributed by atoms with Gasteiger partial charge in [0, 0.05) is 36.8 Å². The monoisotopic (exact) mass is 388 g/mol. The van der Waals surface area contributed by atoms with Crippen LogP contribution < -0.4 is 15.0 Å². The number of nitrogens with one attached hydrogen (secondary N) is 1. The van der Waals surface area contributed by atoms with Gasteiger partial charge in [-0.2, -0.15) is 4.98 Å². The molecule has 150 valence electrons. The molecule has 0 unspecified atom stereocenters. The number of ether oxygens (including phenoxy) is 1. The Morgan fingerprint density at radius 1 is 0.897 bits per heavy atom. The first kappa shape index (κ1) is 19.2.